The Kier molecular flexibility index (Phi) is 6.15. The van der Waals surface area contributed by atoms with Crippen molar-refractivity contribution in [3.63, 3.8) is 0 Å². The molecule has 5 heteroatoms. The van der Waals surface area contributed by atoms with Gasteiger partial charge in [-0.1, -0.05) is 47.8 Å². The Labute approximate surface area is 176 Å². The molecule has 0 amide bonds. The van der Waals surface area contributed by atoms with Crippen molar-refractivity contribution in [1.29, 1.82) is 0 Å². The standard InChI is InChI=1S/C23H26Cl2N2O/c1-2-27-21-9-5-4-8-18(21)19(15-26-12-6-3-7-13-26)22(27)16-28-23-11-10-17(24)14-20(23)25/h4-5,8-11,14H,2-3,6-7,12-13,15-16H2,1H3. The number of benzene rings is 2. The molecule has 148 valence electrons. The summed E-state index contributed by atoms with van der Waals surface area (Å²) in [6.45, 7) is 6.92. The van der Waals surface area contributed by atoms with Gasteiger partial charge >= 0.3 is 0 Å². The molecular weight excluding hydrogens is 391 g/mol. The highest BCUT2D eigenvalue weighted by atomic mass is 35.5. The Morgan fingerprint density at radius 1 is 1.00 bits per heavy atom. The van der Waals surface area contributed by atoms with Crippen molar-refractivity contribution in [3.8, 4) is 5.75 Å². The molecule has 0 spiro atoms. The van der Waals surface area contributed by atoms with Crippen molar-refractivity contribution in [2.45, 2.75) is 45.9 Å². The van der Waals surface area contributed by atoms with E-state index < -0.39 is 0 Å². The SMILES string of the molecule is CCn1c(COc2ccc(Cl)cc2Cl)c(CN2CCCCC2)c2ccccc21. The molecule has 3 nitrogen and oxygen atoms in total. The summed E-state index contributed by atoms with van der Waals surface area (Å²) in [5.41, 5.74) is 3.89. The number of halogens is 2. The minimum absolute atomic E-state index is 0.493. The molecule has 0 radical (unpaired) electrons. The van der Waals surface area contributed by atoms with Gasteiger partial charge in [0.05, 0.1) is 10.7 Å². The molecule has 1 aliphatic rings. The summed E-state index contributed by atoms with van der Waals surface area (Å²) in [6, 6.07) is 14.1. The van der Waals surface area contributed by atoms with Gasteiger partial charge in [-0.2, -0.15) is 0 Å². The molecule has 0 atom stereocenters. The van der Waals surface area contributed by atoms with E-state index in [9.17, 15) is 0 Å². The maximum atomic E-state index is 6.32. The second-order valence-corrected chi connectivity index (χ2v) is 8.23. The van der Waals surface area contributed by atoms with E-state index in [4.69, 9.17) is 27.9 Å². The number of hydrogen-bond donors (Lipinski definition) is 0. The van der Waals surface area contributed by atoms with E-state index in [0.29, 0.717) is 22.4 Å². The Hall–Kier alpha value is -1.68. The van der Waals surface area contributed by atoms with Crippen molar-refractivity contribution in [2.75, 3.05) is 13.1 Å². The van der Waals surface area contributed by atoms with Crippen LogP contribution < -0.4 is 4.74 Å². The van der Waals surface area contributed by atoms with Gasteiger partial charge in [0.25, 0.3) is 0 Å². The summed E-state index contributed by atoms with van der Waals surface area (Å²) in [7, 11) is 0. The third kappa shape index (κ3) is 4.03. The first-order valence-corrected chi connectivity index (χ1v) is 10.8. The fraction of sp³-hybridized carbons (Fsp3) is 0.391. The molecular formula is C23H26Cl2N2O. The van der Waals surface area contributed by atoms with Crippen LogP contribution in [0.2, 0.25) is 10.0 Å². The van der Waals surface area contributed by atoms with E-state index in [1.54, 1.807) is 6.07 Å². The van der Waals surface area contributed by atoms with E-state index in [-0.39, 0.29) is 0 Å². The zero-order valence-electron chi connectivity index (χ0n) is 16.3. The van der Waals surface area contributed by atoms with Gasteiger partial charge in [-0.15, -0.1) is 0 Å². The van der Waals surface area contributed by atoms with Crippen LogP contribution in [0, 0.1) is 0 Å². The van der Waals surface area contributed by atoms with Gasteiger partial charge in [-0.25, -0.2) is 0 Å². The number of ether oxygens (including phenoxy) is 1. The maximum Gasteiger partial charge on any atom is 0.138 e. The number of aromatic nitrogens is 1. The first-order chi connectivity index (χ1) is 13.7. The van der Waals surface area contributed by atoms with Crippen molar-refractivity contribution in [3.05, 3.63) is 63.8 Å². The second kappa shape index (κ2) is 8.77. The number of hydrogen-bond acceptors (Lipinski definition) is 2. The number of nitrogens with zero attached hydrogens (tertiary/aromatic N) is 2. The van der Waals surface area contributed by atoms with Crippen molar-refractivity contribution in [2.24, 2.45) is 0 Å². The van der Waals surface area contributed by atoms with Crippen LogP contribution in [-0.4, -0.2) is 22.6 Å². The molecule has 3 aromatic rings. The molecule has 1 aromatic heterocycles. The number of fused-ring (bicyclic) bond motifs is 1. The number of piperidine rings is 1. The molecule has 2 aromatic carbocycles. The predicted molar refractivity (Wildman–Crippen MR) is 118 cm³/mol. The van der Waals surface area contributed by atoms with Gasteiger partial charge in [-0.05, 0) is 62.7 Å². The third-order valence-electron chi connectivity index (χ3n) is 5.60. The van der Waals surface area contributed by atoms with Gasteiger partial charge in [0.1, 0.15) is 12.4 Å². The molecule has 28 heavy (non-hydrogen) atoms. The van der Waals surface area contributed by atoms with Crippen LogP contribution in [0.5, 0.6) is 5.75 Å². The first kappa shape index (κ1) is 19.6. The van der Waals surface area contributed by atoms with Crippen LogP contribution in [0.3, 0.4) is 0 Å². The molecule has 2 heterocycles. The van der Waals surface area contributed by atoms with Crippen LogP contribution in [0.1, 0.15) is 37.4 Å². The smallest absolute Gasteiger partial charge is 0.138 e. The highest BCUT2D eigenvalue weighted by Crippen LogP contribution is 2.32. The van der Waals surface area contributed by atoms with Crippen LogP contribution in [-0.2, 0) is 19.7 Å². The van der Waals surface area contributed by atoms with Crippen LogP contribution in [0.15, 0.2) is 42.5 Å². The zero-order valence-corrected chi connectivity index (χ0v) is 17.8. The quantitative estimate of drug-likeness (QED) is 0.454. The Morgan fingerprint density at radius 2 is 1.79 bits per heavy atom. The van der Waals surface area contributed by atoms with Crippen LogP contribution >= 0.6 is 23.2 Å². The van der Waals surface area contributed by atoms with Crippen LogP contribution in [0.25, 0.3) is 10.9 Å². The lowest BCUT2D eigenvalue weighted by molar-refractivity contribution is 0.218. The summed E-state index contributed by atoms with van der Waals surface area (Å²) < 4.78 is 8.52. The van der Waals surface area contributed by atoms with E-state index in [1.807, 2.05) is 12.1 Å². The molecule has 0 unspecified atom stereocenters. The Balaban J connectivity index is 1.69. The lowest BCUT2D eigenvalue weighted by atomic mass is 10.1. The zero-order chi connectivity index (χ0) is 19.5. The summed E-state index contributed by atoms with van der Waals surface area (Å²) >= 11 is 12.3. The monoisotopic (exact) mass is 416 g/mol. The first-order valence-electron chi connectivity index (χ1n) is 10.1. The summed E-state index contributed by atoms with van der Waals surface area (Å²) in [4.78, 5) is 2.57. The molecule has 0 aliphatic carbocycles. The average molecular weight is 417 g/mol. The topological polar surface area (TPSA) is 17.4 Å². The van der Waals surface area contributed by atoms with Gasteiger partial charge in [0, 0.05) is 29.0 Å². The van der Waals surface area contributed by atoms with Gasteiger partial charge in [0.15, 0.2) is 0 Å². The highest BCUT2D eigenvalue weighted by Gasteiger charge is 2.20. The van der Waals surface area contributed by atoms with Gasteiger partial charge in [-0.3, -0.25) is 4.90 Å². The molecule has 4 rings (SSSR count). The van der Waals surface area contributed by atoms with E-state index in [2.05, 4.69) is 40.7 Å². The average Bonchev–Trinajstić information content (AvgIpc) is 3.01. The molecule has 1 aliphatic heterocycles. The summed E-state index contributed by atoms with van der Waals surface area (Å²) in [5, 5.41) is 2.49. The Morgan fingerprint density at radius 3 is 2.54 bits per heavy atom. The fourth-order valence-corrected chi connectivity index (χ4v) is 4.67. The van der Waals surface area contributed by atoms with Crippen molar-refractivity contribution < 1.29 is 4.74 Å². The van der Waals surface area contributed by atoms with Crippen molar-refractivity contribution in [1.82, 2.24) is 9.47 Å². The van der Waals surface area contributed by atoms with Crippen LogP contribution in [0.4, 0.5) is 0 Å². The number of para-hydroxylation sites is 1. The normalized spacial score (nSPS) is 15.2. The lowest BCUT2D eigenvalue weighted by Gasteiger charge is -2.27. The number of aryl methyl sites for hydroxylation is 1. The molecule has 0 saturated carbocycles. The fourth-order valence-electron chi connectivity index (χ4n) is 4.21. The van der Waals surface area contributed by atoms with E-state index in [1.165, 1.54) is 54.5 Å². The van der Waals surface area contributed by atoms with Crippen molar-refractivity contribution >= 4 is 34.1 Å². The molecule has 1 saturated heterocycles. The maximum absolute atomic E-state index is 6.32. The molecule has 0 bridgehead atoms. The lowest BCUT2D eigenvalue weighted by Crippen LogP contribution is -2.29. The predicted octanol–water partition coefficient (Wildman–Crippen LogP) is 6.53. The summed E-state index contributed by atoms with van der Waals surface area (Å²) in [6.07, 6.45) is 3.93. The minimum atomic E-state index is 0.493. The Bertz CT molecular complexity index is 961. The molecule has 1 fully saturated rings. The van der Waals surface area contributed by atoms with E-state index in [0.717, 1.165) is 13.1 Å². The van der Waals surface area contributed by atoms with E-state index >= 15 is 0 Å². The number of likely N-dealkylation sites (tertiary alicyclic amines) is 1. The molecule has 0 N–H and O–H groups in total. The second-order valence-electron chi connectivity index (χ2n) is 7.39. The highest BCUT2D eigenvalue weighted by molar-refractivity contribution is 6.35. The third-order valence-corrected chi connectivity index (χ3v) is 6.13. The summed E-state index contributed by atoms with van der Waals surface area (Å²) in [5.74, 6) is 0.669. The van der Waals surface area contributed by atoms with Gasteiger partial charge < -0.3 is 9.30 Å². The number of rotatable bonds is 6. The largest absolute Gasteiger partial charge is 0.486 e. The minimum Gasteiger partial charge on any atom is -0.486 e. The van der Waals surface area contributed by atoms with Gasteiger partial charge in [0.2, 0.25) is 0 Å².